The van der Waals surface area contributed by atoms with E-state index in [1.807, 2.05) is 6.92 Å². The van der Waals surface area contributed by atoms with E-state index in [9.17, 15) is 24.0 Å². The van der Waals surface area contributed by atoms with Crippen LogP contribution in [0.5, 0.6) is 0 Å². The topological polar surface area (TPSA) is 116 Å². The highest BCUT2D eigenvalue weighted by molar-refractivity contribution is 6.45. The Kier molecular flexibility index (Phi) is 5.95. The predicted octanol–water partition coefficient (Wildman–Crippen LogP) is 1.95. The van der Waals surface area contributed by atoms with Crippen LogP contribution in [0.1, 0.15) is 39.5 Å². The van der Waals surface area contributed by atoms with Crippen LogP contribution >= 0.6 is 0 Å². The molecule has 3 rings (SSSR count). The minimum Gasteiger partial charge on any atom is -0.326 e. The fourth-order valence-electron chi connectivity index (χ4n) is 3.86. The van der Waals surface area contributed by atoms with E-state index in [1.54, 1.807) is 24.3 Å². The molecule has 29 heavy (non-hydrogen) atoms. The molecule has 0 spiro atoms. The summed E-state index contributed by atoms with van der Waals surface area (Å²) >= 11 is 0. The lowest BCUT2D eigenvalue weighted by Gasteiger charge is -2.34. The molecule has 1 aromatic rings. The summed E-state index contributed by atoms with van der Waals surface area (Å²) in [5.74, 6) is -2.59. The molecular formula is C20H24N4O5. The Balaban J connectivity index is 1.67. The number of carbonyl (C=O) groups excluding carboxylic acids is 5. The molecule has 2 aliphatic rings. The zero-order valence-corrected chi connectivity index (χ0v) is 16.4. The average Bonchev–Trinajstić information content (AvgIpc) is 2.85. The van der Waals surface area contributed by atoms with Gasteiger partial charge in [-0.25, -0.2) is 9.69 Å². The molecule has 1 saturated carbocycles. The Morgan fingerprint density at radius 3 is 2.34 bits per heavy atom. The highest BCUT2D eigenvalue weighted by Crippen LogP contribution is 2.31. The Morgan fingerprint density at radius 2 is 1.69 bits per heavy atom. The minimum absolute atomic E-state index is 0.120. The maximum absolute atomic E-state index is 12.7. The highest BCUT2D eigenvalue weighted by atomic mass is 16.2. The second kappa shape index (κ2) is 8.42. The van der Waals surface area contributed by atoms with Gasteiger partial charge in [0.15, 0.2) is 0 Å². The predicted molar refractivity (Wildman–Crippen MR) is 105 cm³/mol. The average molecular weight is 400 g/mol. The van der Waals surface area contributed by atoms with Crippen LogP contribution in [0.4, 0.5) is 16.2 Å². The quantitative estimate of drug-likeness (QED) is 0.579. The van der Waals surface area contributed by atoms with Gasteiger partial charge in [0.1, 0.15) is 6.54 Å². The van der Waals surface area contributed by atoms with Crippen LogP contribution in [0.3, 0.4) is 0 Å². The van der Waals surface area contributed by atoms with E-state index < -0.39 is 30.3 Å². The summed E-state index contributed by atoms with van der Waals surface area (Å²) in [7, 11) is 0. The molecule has 0 aromatic heterocycles. The van der Waals surface area contributed by atoms with Gasteiger partial charge < -0.3 is 10.6 Å². The Labute approximate surface area is 168 Å². The summed E-state index contributed by atoms with van der Waals surface area (Å²) in [5.41, 5.74) is 0.890. The third-order valence-electron chi connectivity index (χ3n) is 5.25. The number of hydrogen-bond acceptors (Lipinski definition) is 5. The smallest absolute Gasteiger partial charge is 0.326 e. The van der Waals surface area contributed by atoms with Gasteiger partial charge in [0, 0.05) is 24.3 Å². The summed E-state index contributed by atoms with van der Waals surface area (Å²) < 4.78 is 0. The first kappa shape index (κ1) is 20.5. The van der Waals surface area contributed by atoms with Gasteiger partial charge in [0.2, 0.25) is 11.8 Å². The normalized spacial score (nSPS) is 22.1. The first-order chi connectivity index (χ1) is 13.8. The van der Waals surface area contributed by atoms with Gasteiger partial charge in [-0.2, -0.15) is 0 Å². The van der Waals surface area contributed by atoms with Crippen LogP contribution in [0.2, 0.25) is 0 Å². The van der Waals surface area contributed by atoms with Crippen molar-refractivity contribution in [2.45, 2.75) is 45.6 Å². The highest BCUT2D eigenvalue weighted by Gasteiger charge is 2.49. The maximum Gasteiger partial charge on any atom is 0.334 e. The zero-order valence-electron chi connectivity index (χ0n) is 16.4. The van der Waals surface area contributed by atoms with Gasteiger partial charge in [0.05, 0.1) is 0 Å². The molecule has 2 atom stereocenters. The molecule has 1 aliphatic heterocycles. The molecule has 9 nitrogen and oxygen atoms in total. The number of nitrogens with zero attached hydrogens (tertiary/aromatic N) is 2. The Morgan fingerprint density at radius 1 is 1.03 bits per heavy atom. The lowest BCUT2D eigenvalue weighted by molar-refractivity contribution is -0.145. The molecule has 0 radical (unpaired) electrons. The van der Waals surface area contributed by atoms with Crippen LogP contribution in [0, 0.1) is 5.92 Å². The molecule has 154 valence electrons. The van der Waals surface area contributed by atoms with Crippen molar-refractivity contribution < 1.29 is 24.0 Å². The van der Waals surface area contributed by atoms with Crippen LogP contribution in [-0.4, -0.2) is 52.0 Å². The van der Waals surface area contributed by atoms with Crippen molar-refractivity contribution in [3.05, 3.63) is 24.3 Å². The summed E-state index contributed by atoms with van der Waals surface area (Å²) in [6.45, 7) is 2.78. The standard InChI is InChI=1S/C20H24N4O5/c1-12-6-3-4-9-16(12)24-19(28)18(27)23(20(24)29)11-17(26)22-15-8-5-7-14(10-15)21-13(2)25/h5,7-8,10,12,16H,3-4,6,9,11H2,1-2H3,(H,21,25)(H,22,26)/t12-,16-/m1/s1. The number of rotatable bonds is 5. The van der Waals surface area contributed by atoms with Crippen molar-refractivity contribution in [1.82, 2.24) is 9.80 Å². The van der Waals surface area contributed by atoms with Gasteiger partial charge in [-0.05, 0) is 37.0 Å². The number of nitrogens with one attached hydrogen (secondary N) is 2. The summed E-state index contributed by atoms with van der Waals surface area (Å²) in [4.78, 5) is 62.7. The lowest BCUT2D eigenvalue weighted by Crippen LogP contribution is -2.46. The van der Waals surface area contributed by atoms with Gasteiger partial charge in [-0.15, -0.1) is 0 Å². The monoisotopic (exact) mass is 400 g/mol. The Bertz CT molecular complexity index is 868. The van der Waals surface area contributed by atoms with Crippen LogP contribution in [-0.2, 0) is 19.2 Å². The van der Waals surface area contributed by atoms with E-state index in [0.717, 1.165) is 24.2 Å². The van der Waals surface area contributed by atoms with Crippen molar-refractivity contribution in [2.75, 3.05) is 17.2 Å². The number of benzene rings is 1. The van der Waals surface area contributed by atoms with E-state index in [0.29, 0.717) is 22.7 Å². The van der Waals surface area contributed by atoms with Crippen molar-refractivity contribution >= 4 is 41.0 Å². The van der Waals surface area contributed by atoms with E-state index in [-0.39, 0.29) is 17.9 Å². The summed E-state index contributed by atoms with van der Waals surface area (Å²) in [6, 6.07) is 5.41. The second-order valence-electron chi connectivity index (χ2n) is 7.49. The van der Waals surface area contributed by atoms with Crippen molar-refractivity contribution in [2.24, 2.45) is 5.92 Å². The van der Waals surface area contributed by atoms with E-state index in [1.165, 1.54) is 6.92 Å². The van der Waals surface area contributed by atoms with E-state index >= 15 is 0 Å². The number of imide groups is 2. The maximum atomic E-state index is 12.7. The molecular weight excluding hydrogens is 376 g/mol. The van der Waals surface area contributed by atoms with Gasteiger partial charge >= 0.3 is 17.8 Å². The first-order valence-corrected chi connectivity index (χ1v) is 9.64. The lowest BCUT2D eigenvalue weighted by atomic mass is 9.85. The number of hydrogen-bond donors (Lipinski definition) is 2. The fraction of sp³-hybridized carbons (Fsp3) is 0.450. The van der Waals surface area contributed by atoms with Crippen LogP contribution < -0.4 is 10.6 Å². The molecule has 1 aliphatic carbocycles. The molecule has 2 fully saturated rings. The molecule has 1 saturated heterocycles. The molecule has 2 N–H and O–H groups in total. The third kappa shape index (κ3) is 4.44. The molecule has 9 heteroatoms. The van der Waals surface area contributed by atoms with Gasteiger partial charge in [-0.3, -0.25) is 24.1 Å². The molecule has 0 unspecified atom stereocenters. The third-order valence-corrected chi connectivity index (χ3v) is 5.25. The molecule has 6 amide bonds. The number of amides is 6. The minimum atomic E-state index is -0.977. The van der Waals surface area contributed by atoms with Gasteiger partial charge in [-0.1, -0.05) is 25.8 Å². The summed E-state index contributed by atoms with van der Waals surface area (Å²) in [6.07, 6.45) is 3.49. The SMILES string of the molecule is CC(=O)Nc1cccc(NC(=O)CN2C(=O)C(=O)N([C@@H]3CCCC[C@H]3C)C2=O)c1. The van der Waals surface area contributed by atoms with E-state index in [2.05, 4.69) is 10.6 Å². The van der Waals surface area contributed by atoms with Crippen molar-refractivity contribution in [3.63, 3.8) is 0 Å². The van der Waals surface area contributed by atoms with Gasteiger partial charge in [0.25, 0.3) is 0 Å². The largest absolute Gasteiger partial charge is 0.334 e. The van der Waals surface area contributed by atoms with Crippen molar-refractivity contribution in [1.29, 1.82) is 0 Å². The number of urea groups is 1. The number of carbonyl (C=O) groups is 5. The van der Waals surface area contributed by atoms with E-state index in [4.69, 9.17) is 0 Å². The van der Waals surface area contributed by atoms with Crippen LogP contribution in [0.25, 0.3) is 0 Å². The first-order valence-electron chi connectivity index (χ1n) is 9.64. The summed E-state index contributed by atoms with van der Waals surface area (Å²) in [5, 5.41) is 5.17. The number of anilines is 2. The molecule has 1 heterocycles. The van der Waals surface area contributed by atoms with Crippen LogP contribution in [0.15, 0.2) is 24.3 Å². The molecule has 1 aromatic carbocycles. The Hall–Kier alpha value is -3.23. The zero-order chi connectivity index (χ0) is 21.1. The molecule has 0 bridgehead atoms. The van der Waals surface area contributed by atoms with Crippen molar-refractivity contribution in [3.8, 4) is 0 Å². The second-order valence-corrected chi connectivity index (χ2v) is 7.49. The fourth-order valence-corrected chi connectivity index (χ4v) is 3.86.